The summed E-state index contributed by atoms with van der Waals surface area (Å²) in [6.45, 7) is 5.72. The van der Waals surface area contributed by atoms with Crippen LogP contribution in [0.5, 0.6) is 0 Å². The molecule has 0 aliphatic carbocycles. The Labute approximate surface area is 111 Å². The van der Waals surface area contributed by atoms with Crippen molar-refractivity contribution in [2.45, 2.75) is 39.3 Å². The van der Waals surface area contributed by atoms with Crippen molar-refractivity contribution in [1.82, 2.24) is 5.32 Å². The van der Waals surface area contributed by atoms with Crippen molar-refractivity contribution < 1.29 is 18.0 Å². The largest absolute Gasteiger partial charge is 0.416 e. The minimum Gasteiger partial charge on any atom is -0.352 e. The van der Waals surface area contributed by atoms with Crippen LogP contribution in [-0.2, 0) is 6.18 Å². The normalized spacial score (nSPS) is 11.7. The van der Waals surface area contributed by atoms with Crippen molar-refractivity contribution in [1.29, 1.82) is 0 Å². The van der Waals surface area contributed by atoms with Gasteiger partial charge >= 0.3 is 6.18 Å². The summed E-state index contributed by atoms with van der Waals surface area (Å²) in [5, 5.41) is 2.57. The lowest BCUT2D eigenvalue weighted by molar-refractivity contribution is -0.138. The van der Waals surface area contributed by atoms with Gasteiger partial charge in [-0.1, -0.05) is 26.8 Å². The second-order valence-electron chi connectivity index (χ2n) is 4.71. The Morgan fingerprint density at radius 3 is 2.42 bits per heavy atom. The van der Waals surface area contributed by atoms with Crippen molar-refractivity contribution >= 4 is 5.91 Å². The van der Waals surface area contributed by atoms with Gasteiger partial charge in [-0.05, 0) is 30.0 Å². The first kappa shape index (κ1) is 15.5. The van der Waals surface area contributed by atoms with Crippen LogP contribution in [0.3, 0.4) is 0 Å². The minimum absolute atomic E-state index is 0.0465. The van der Waals surface area contributed by atoms with E-state index in [1.807, 2.05) is 6.92 Å². The summed E-state index contributed by atoms with van der Waals surface area (Å²) in [6.07, 6.45) is -3.71. The third-order valence-electron chi connectivity index (χ3n) is 2.78. The minimum atomic E-state index is -4.44. The molecule has 0 aliphatic heterocycles. The summed E-state index contributed by atoms with van der Waals surface area (Å²) in [5.74, 6) is -0.716. The first-order chi connectivity index (χ1) is 8.77. The van der Waals surface area contributed by atoms with E-state index in [0.29, 0.717) is 6.54 Å². The second-order valence-corrected chi connectivity index (χ2v) is 4.71. The van der Waals surface area contributed by atoms with Crippen LogP contribution >= 0.6 is 0 Å². The van der Waals surface area contributed by atoms with Gasteiger partial charge in [0.25, 0.3) is 5.91 Å². The highest BCUT2D eigenvalue weighted by Gasteiger charge is 2.34. The van der Waals surface area contributed by atoms with Gasteiger partial charge in [0, 0.05) is 12.1 Å². The molecule has 0 atom stereocenters. The van der Waals surface area contributed by atoms with E-state index in [0.717, 1.165) is 12.5 Å². The maximum absolute atomic E-state index is 13.0. The highest BCUT2D eigenvalue weighted by molar-refractivity contribution is 5.94. The molecule has 1 amide bonds. The van der Waals surface area contributed by atoms with Gasteiger partial charge in [0.05, 0.1) is 5.56 Å². The molecule has 0 fully saturated rings. The van der Waals surface area contributed by atoms with Crippen LogP contribution in [0.25, 0.3) is 0 Å². The Bertz CT molecular complexity index is 452. The molecular formula is C14H18F3NO. The average molecular weight is 273 g/mol. The fourth-order valence-corrected chi connectivity index (χ4v) is 1.79. The van der Waals surface area contributed by atoms with Crippen molar-refractivity contribution in [2.24, 2.45) is 0 Å². The average Bonchev–Trinajstić information content (AvgIpc) is 2.34. The van der Waals surface area contributed by atoms with Crippen LogP contribution in [0.1, 0.15) is 54.6 Å². The molecule has 0 radical (unpaired) electrons. The van der Waals surface area contributed by atoms with Gasteiger partial charge in [-0.15, -0.1) is 0 Å². The van der Waals surface area contributed by atoms with Crippen LogP contribution in [0.2, 0.25) is 0 Å². The zero-order valence-electron chi connectivity index (χ0n) is 11.3. The maximum atomic E-state index is 13.0. The Morgan fingerprint density at radius 2 is 1.95 bits per heavy atom. The molecule has 0 unspecified atom stereocenters. The number of carbonyl (C=O) groups excluding carboxylic acids is 1. The van der Waals surface area contributed by atoms with E-state index in [9.17, 15) is 18.0 Å². The zero-order valence-corrected chi connectivity index (χ0v) is 11.3. The van der Waals surface area contributed by atoms with Crippen molar-refractivity contribution in [2.75, 3.05) is 6.54 Å². The molecule has 0 spiro atoms. The molecule has 106 valence electrons. The molecule has 0 heterocycles. The predicted molar refractivity (Wildman–Crippen MR) is 68.2 cm³/mol. The highest BCUT2D eigenvalue weighted by atomic mass is 19.4. The zero-order chi connectivity index (χ0) is 14.6. The lowest BCUT2D eigenvalue weighted by atomic mass is 9.94. The number of rotatable bonds is 4. The Hall–Kier alpha value is -1.52. The third kappa shape index (κ3) is 3.98. The van der Waals surface area contributed by atoms with Crippen molar-refractivity contribution in [3.8, 4) is 0 Å². The predicted octanol–water partition coefficient (Wildman–Crippen LogP) is 3.97. The lowest BCUT2D eigenvalue weighted by Gasteiger charge is -2.16. The molecule has 1 aromatic carbocycles. The summed E-state index contributed by atoms with van der Waals surface area (Å²) >= 11 is 0. The summed E-state index contributed by atoms with van der Waals surface area (Å²) in [7, 11) is 0. The first-order valence-electron chi connectivity index (χ1n) is 6.26. The Kier molecular flexibility index (Phi) is 4.97. The van der Waals surface area contributed by atoms with Crippen molar-refractivity contribution in [3.63, 3.8) is 0 Å². The smallest absolute Gasteiger partial charge is 0.352 e. The van der Waals surface area contributed by atoms with E-state index in [1.165, 1.54) is 12.1 Å². The molecule has 1 rings (SSSR count). The number of benzene rings is 1. The third-order valence-corrected chi connectivity index (χ3v) is 2.78. The molecule has 0 aliphatic rings. The number of hydrogen-bond acceptors (Lipinski definition) is 1. The van der Waals surface area contributed by atoms with Gasteiger partial charge in [0.2, 0.25) is 0 Å². The Morgan fingerprint density at radius 1 is 1.32 bits per heavy atom. The first-order valence-corrected chi connectivity index (χ1v) is 6.26. The van der Waals surface area contributed by atoms with E-state index in [1.54, 1.807) is 13.8 Å². The van der Waals surface area contributed by atoms with Gasteiger partial charge in [0.1, 0.15) is 0 Å². The van der Waals surface area contributed by atoms with E-state index < -0.39 is 17.6 Å². The number of nitrogens with one attached hydrogen (secondary N) is 1. The van der Waals surface area contributed by atoms with E-state index in [4.69, 9.17) is 0 Å². The molecule has 0 saturated carbocycles. The lowest BCUT2D eigenvalue weighted by Crippen LogP contribution is -2.24. The highest BCUT2D eigenvalue weighted by Crippen LogP contribution is 2.35. The second kappa shape index (κ2) is 6.08. The molecule has 19 heavy (non-hydrogen) atoms. The molecule has 2 nitrogen and oxygen atoms in total. The van der Waals surface area contributed by atoms with Crippen molar-refractivity contribution in [3.05, 3.63) is 34.9 Å². The maximum Gasteiger partial charge on any atom is 0.416 e. The monoisotopic (exact) mass is 273 g/mol. The standard InChI is InChI=1S/C14H18F3NO/c1-4-7-18-13(19)10-5-6-11(9(2)3)12(8-10)14(15,16)17/h5-6,8-9H,4,7H2,1-3H3,(H,18,19). The molecule has 1 aromatic rings. The molecule has 0 saturated heterocycles. The summed E-state index contributed by atoms with van der Waals surface area (Å²) in [5.41, 5.74) is -0.476. The number of carbonyl (C=O) groups is 1. The topological polar surface area (TPSA) is 29.1 Å². The van der Waals surface area contributed by atoms with Crippen LogP contribution < -0.4 is 5.32 Å². The van der Waals surface area contributed by atoms with E-state index in [-0.39, 0.29) is 17.0 Å². The molecular weight excluding hydrogens is 255 g/mol. The summed E-state index contributed by atoms with van der Waals surface area (Å²) in [4.78, 5) is 11.7. The van der Waals surface area contributed by atoms with Gasteiger partial charge in [-0.25, -0.2) is 0 Å². The SMILES string of the molecule is CCCNC(=O)c1ccc(C(C)C)c(C(F)(F)F)c1. The van der Waals surface area contributed by atoms with Crippen LogP contribution in [0, 0.1) is 0 Å². The van der Waals surface area contributed by atoms with E-state index >= 15 is 0 Å². The molecule has 1 N–H and O–H groups in total. The fourth-order valence-electron chi connectivity index (χ4n) is 1.79. The number of amides is 1. The molecule has 0 bridgehead atoms. The number of halogens is 3. The number of alkyl halides is 3. The van der Waals surface area contributed by atoms with Gasteiger partial charge in [-0.3, -0.25) is 4.79 Å². The quantitative estimate of drug-likeness (QED) is 0.883. The summed E-state index contributed by atoms with van der Waals surface area (Å²) in [6, 6.07) is 3.75. The fraction of sp³-hybridized carbons (Fsp3) is 0.500. The van der Waals surface area contributed by atoms with Crippen LogP contribution in [0.15, 0.2) is 18.2 Å². The van der Waals surface area contributed by atoms with Crippen LogP contribution in [0.4, 0.5) is 13.2 Å². The summed E-state index contributed by atoms with van der Waals surface area (Å²) < 4.78 is 38.9. The van der Waals surface area contributed by atoms with E-state index in [2.05, 4.69) is 5.32 Å². The van der Waals surface area contributed by atoms with Crippen LogP contribution in [-0.4, -0.2) is 12.5 Å². The van der Waals surface area contributed by atoms with Gasteiger partial charge < -0.3 is 5.32 Å². The molecule has 5 heteroatoms. The van der Waals surface area contributed by atoms with Gasteiger partial charge in [-0.2, -0.15) is 13.2 Å². The molecule has 0 aromatic heterocycles. The van der Waals surface area contributed by atoms with Gasteiger partial charge in [0.15, 0.2) is 0 Å². The number of hydrogen-bond donors (Lipinski definition) is 1. The Balaban J connectivity index is 3.15.